The Morgan fingerprint density at radius 2 is 1.62 bits per heavy atom. The number of carbonyl (C=O) groups is 1. The number of hydrogen-bond acceptors (Lipinski definition) is 4. The van der Waals surface area contributed by atoms with Crippen molar-refractivity contribution in [1.29, 1.82) is 0 Å². The number of nitrogens with one attached hydrogen (secondary N) is 2. The van der Waals surface area contributed by atoms with Crippen LogP contribution >= 0.6 is 0 Å². The van der Waals surface area contributed by atoms with Crippen LogP contribution in [-0.2, 0) is 0 Å². The van der Waals surface area contributed by atoms with Crippen molar-refractivity contribution in [3.05, 3.63) is 47.5 Å². The van der Waals surface area contributed by atoms with Gasteiger partial charge in [0.05, 0.1) is 0 Å². The Morgan fingerprint density at radius 3 is 2.19 bits per heavy atom. The molecule has 0 bridgehead atoms. The van der Waals surface area contributed by atoms with Gasteiger partial charge < -0.3 is 10.6 Å². The van der Waals surface area contributed by atoms with Crippen molar-refractivity contribution < 1.29 is 4.79 Å². The lowest BCUT2D eigenvalue weighted by Crippen LogP contribution is -2.26. The highest BCUT2D eigenvalue weighted by atomic mass is 16.1. The molecule has 110 valence electrons. The van der Waals surface area contributed by atoms with Gasteiger partial charge in [-0.05, 0) is 51.5 Å². The molecule has 0 fully saturated rings. The van der Waals surface area contributed by atoms with Gasteiger partial charge in [-0.1, -0.05) is 18.2 Å². The molecule has 0 radical (unpaired) electrons. The molecule has 0 aliphatic heterocycles. The second-order valence-electron chi connectivity index (χ2n) is 5.95. The maximum absolute atomic E-state index is 12.2. The number of anilines is 2. The smallest absolute Gasteiger partial charge is 0.257 e. The lowest BCUT2D eigenvalue weighted by Gasteiger charge is -2.20. The number of rotatable bonds is 3. The average Bonchev–Trinajstić information content (AvgIpc) is 2.40. The van der Waals surface area contributed by atoms with Gasteiger partial charge in [-0.15, -0.1) is 10.2 Å². The summed E-state index contributed by atoms with van der Waals surface area (Å²) in [6, 6.07) is 11.0. The van der Waals surface area contributed by atoms with E-state index in [0.717, 1.165) is 5.56 Å². The largest absolute Gasteiger partial charge is 0.364 e. The fraction of sp³-hybridized carbons (Fsp3) is 0.312. The molecule has 1 heterocycles. The van der Waals surface area contributed by atoms with E-state index in [1.54, 1.807) is 18.2 Å². The van der Waals surface area contributed by atoms with Crippen LogP contribution in [0, 0.1) is 6.92 Å². The van der Waals surface area contributed by atoms with Crippen LogP contribution in [-0.4, -0.2) is 21.6 Å². The highest BCUT2D eigenvalue weighted by Crippen LogP contribution is 2.14. The molecular weight excluding hydrogens is 264 g/mol. The number of aromatic nitrogens is 2. The number of benzene rings is 1. The lowest BCUT2D eigenvalue weighted by atomic mass is 10.1. The van der Waals surface area contributed by atoms with Crippen LogP contribution in [0.25, 0.3) is 0 Å². The summed E-state index contributed by atoms with van der Waals surface area (Å²) in [5.74, 6) is 0.929. The maximum atomic E-state index is 12.2. The Hall–Kier alpha value is -2.43. The van der Waals surface area contributed by atoms with Gasteiger partial charge in [-0.3, -0.25) is 4.79 Å². The standard InChI is InChI=1S/C16H20N4O/c1-11-7-5-6-8-12(11)15(21)17-13-9-10-14(20-19-13)18-16(2,3)4/h5-10H,1-4H3,(H,18,20)(H,17,19,21). The Morgan fingerprint density at radius 1 is 1.00 bits per heavy atom. The third kappa shape index (κ3) is 4.27. The Kier molecular flexibility index (Phi) is 4.21. The molecule has 2 rings (SSSR count). The first-order valence-corrected chi connectivity index (χ1v) is 6.84. The summed E-state index contributed by atoms with van der Waals surface area (Å²) >= 11 is 0. The first-order chi connectivity index (χ1) is 9.85. The van der Waals surface area contributed by atoms with Crippen LogP contribution in [0.1, 0.15) is 36.7 Å². The topological polar surface area (TPSA) is 66.9 Å². The molecule has 0 saturated carbocycles. The van der Waals surface area contributed by atoms with Crippen LogP contribution in [0.5, 0.6) is 0 Å². The van der Waals surface area contributed by atoms with E-state index in [-0.39, 0.29) is 11.4 Å². The number of nitrogens with zero attached hydrogens (tertiary/aromatic N) is 2. The molecule has 0 unspecified atom stereocenters. The molecule has 2 aromatic rings. The monoisotopic (exact) mass is 284 g/mol. The fourth-order valence-corrected chi connectivity index (χ4v) is 1.86. The number of hydrogen-bond donors (Lipinski definition) is 2. The molecule has 0 spiro atoms. The van der Waals surface area contributed by atoms with Crippen molar-refractivity contribution in [3.63, 3.8) is 0 Å². The molecule has 1 amide bonds. The minimum Gasteiger partial charge on any atom is -0.364 e. The third-order valence-corrected chi connectivity index (χ3v) is 2.80. The second kappa shape index (κ2) is 5.91. The predicted octanol–water partition coefficient (Wildman–Crippen LogP) is 3.25. The minimum atomic E-state index is -0.182. The SMILES string of the molecule is Cc1ccccc1C(=O)Nc1ccc(NC(C)(C)C)nn1. The zero-order valence-corrected chi connectivity index (χ0v) is 12.8. The highest BCUT2D eigenvalue weighted by Gasteiger charge is 2.12. The molecule has 1 aromatic carbocycles. The van der Waals surface area contributed by atoms with Crippen molar-refractivity contribution in [2.24, 2.45) is 0 Å². The van der Waals surface area contributed by atoms with Crippen LogP contribution in [0.4, 0.5) is 11.6 Å². The molecule has 5 nitrogen and oxygen atoms in total. The summed E-state index contributed by atoms with van der Waals surface area (Å²) in [5, 5.41) is 14.0. The van der Waals surface area contributed by atoms with E-state index in [1.807, 2.05) is 45.9 Å². The van der Waals surface area contributed by atoms with E-state index in [2.05, 4.69) is 20.8 Å². The van der Waals surface area contributed by atoms with E-state index >= 15 is 0 Å². The molecule has 21 heavy (non-hydrogen) atoms. The van der Waals surface area contributed by atoms with Gasteiger partial charge in [0.25, 0.3) is 5.91 Å². The van der Waals surface area contributed by atoms with Crippen LogP contribution < -0.4 is 10.6 Å². The lowest BCUT2D eigenvalue weighted by molar-refractivity contribution is 0.102. The quantitative estimate of drug-likeness (QED) is 0.908. The summed E-state index contributed by atoms with van der Waals surface area (Å²) in [6.45, 7) is 8.03. The van der Waals surface area contributed by atoms with Crippen LogP contribution in [0.3, 0.4) is 0 Å². The first kappa shape index (κ1) is 15.0. The van der Waals surface area contributed by atoms with E-state index < -0.39 is 0 Å². The molecule has 5 heteroatoms. The van der Waals surface area contributed by atoms with Gasteiger partial charge >= 0.3 is 0 Å². The van der Waals surface area contributed by atoms with E-state index in [1.165, 1.54) is 0 Å². The normalized spacial score (nSPS) is 11.0. The zero-order chi connectivity index (χ0) is 15.5. The predicted molar refractivity (Wildman–Crippen MR) is 84.5 cm³/mol. The van der Waals surface area contributed by atoms with Crippen LogP contribution in [0.15, 0.2) is 36.4 Å². The van der Waals surface area contributed by atoms with Crippen molar-refractivity contribution in [1.82, 2.24) is 10.2 Å². The zero-order valence-electron chi connectivity index (χ0n) is 12.8. The number of carbonyl (C=O) groups excluding carboxylic acids is 1. The van der Waals surface area contributed by atoms with E-state index in [4.69, 9.17) is 0 Å². The van der Waals surface area contributed by atoms with Crippen LogP contribution in [0.2, 0.25) is 0 Å². The van der Waals surface area contributed by atoms with Crippen molar-refractivity contribution in [3.8, 4) is 0 Å². The number of aryl methyl sites for hydroxylation is 1. The van der Waals surface area contributed by atoms with E-state index in [9.17, 15) is 4.79 Å². The van der Waals surface area contributed by atoms with Crippen molar-refractivity contribution >= 4 is 17.5 Å². The fourth-order valence-electron chi connectivity index (χ4n) is 1.86. The Labute approximate surface area is 124 Å². The molecule has 0 aliphatic carbocycles. The maximum Gasteiger partial charge on any atom is 0.257 e. The van der Waals surface area contributed by atoms with Gasteiger partial charge in [-0.2, -0.15) is 0 Å². The summed E-state index contributed by atoms with van der Waals surface area (Å²) in [6.07, 6.45) is 0. The molecule has 0 saturated heterocycles. The Balaban J connectivity index is 2.07. The summed E-state index contributed by atoms with van der Waals surface area (Å²) in [7, 11) is 0. The summed E-state index contributed by atoms with van der Waals surface area (Å²) in [4.78, 5) is 12.2. The molecule has 0 aliphatic rings. The molecule has 1 aromatic heterocycles. The van der Waals surface area contributed by atoms with Crippen molar-refractivity contribution in [2.45, 2.75) is 33.2 Å². The van der Waals surface area contributed by atoms with Crippen molar-refractivity contribution in [2.75, 3.05) is 10.6 Å². The van der Waals surface area contributed by atoms with Gasteiger partial charge in [0.15, 0.2) is 5.82 Å². The molecule has 2 N–H and O–H groups in total. The number of amides is 1. The Bertz CT molecular complexity index is 629. The van der Waals surface area contributed by atoms with Gasteiger partial charge in [0, 0.05) is 11.1 Å². The van der Waals surface area contributed by atoms with Gasteiger partial charge in [0.1, 0.15) is 5.82 Å². The van der Waals surface area contributed by atoms with Gasteiger partial charge in [0.2, 0.25) is 0 Å². The first-order valence-electron chi connectivity index (χ1n) is 6.84. The summed E-state index contributed by atoms with van der Waals surface area (Å²) in [5.41, 5.74) is 1.48. The van der Waals surface area contributed by atoms with E-state index in [0.29, 0.717) is 17.2 Å². The highest BCUT2D eigenvalue weighted by molar-refractivity contribution is 6.04. The average molecular weight is 284 g/mol. The van der Waals surface area contributed by atoms with Gasteiger partial charge in [-0.25, -0.2) is 0 Å². The summed E-state index contributed by atoms with van der Waals surface area (Å²) < 4.78 is 0. The molecule has 0 atom stereocenters. The third-order valence-electron chi connectivity index (χ3n) is 2.80. The minimum absolute atomic E-state index is 0.0827. The molecular formula is C16H20N4O. The second-order valence-corrected chi connectivity index (χ2v) is 5.95.